The van der Waals surface area contributed by atoms with Crippen molar-refractivity contribution >= 4 is 21.6 Å². The van der Waals surface area contributed by atoms with Gasteiger partial charge in [0.05, 0.1) is 0 Å². The fraction of sp³-hybridized carbons (Fsp3) is 0.625. The van der Waals surface area contributed by atoms with Crippen molar-refractivity contribution in [2.24, 2.45) is 0 Å². The summed E-state index contributed by atoms with van der Waals surface area (Å²) in [7, 11) is 2.00. The molecule has 1 N–H and O–H groups in total. The van der Waals surface area contributed by atoms with Crippen molar-refractivity contribution in [1.82, 2.24) is 10.2 Å². The van der Waals surface area contributed by atoms with Crippen LogP contribution in [0.5, 0.6) is 0 Å². The maximum atomic E-state index is 3.71. The fourth-order valence-electron chi connectivity index (χ4n) is 2.72. The van der Waals surface area contributed by atoms with Crippen molar-refractivity contribution in [3.8, 4) is 0 Å². The number of hydrogen-bond donors (Lipinski definition) is 1. The molecule has 0 aromatic heterocycles. The van der Waals surface area contributed by atoms with Gasteiger partial charge >= 0.3 is 0 Å². The normalized spacial score (nSPS) is 18.6. The van der Waals surface area contributed by atoms with Crippen molar-refractivity contribution in [3.63, 3.8) is 0 Å². The quantitative estimate of drug-likeness (QED) is 0.908. The number of nitrogens with one attached hydrogen (secondary N) is 1. The number of piperazine rings is 1. The van der Waals surface area contributed by atoms with Crippen molar-refractivity contribution in [2.45, 2.75) is 32.9 Å². The van der Waals surface area contributed by atoms with E-state index < -0.39 is 0 Å². The third-order valence-corrected chi connectivity index (χ3v) is 4.98. The van der Waals surface area contributed by atoms with Gasteiger partial charge < -0.3 is 10.2 Å². The first-order chi connectivity index (χ1) is 9.52. The number of nitrogens with zero attached hydrogens (tertiary/aromatic N) is 2. The van der Waals surface area contributed by atoms with Crippen LogP contribution >= 0.6 is 15.9 Å². The summed E-state index contributed by atoms with van der Waals surface area (Å²) in [6.45, 7) is 11.3. The summed E-state index contributed by atoms with van der Waals surface area (Å²) in [6.07, 6.45) is 0. The smallest absolute Gasteiger partial charge is 0.0378 e. The Balaban J connectivity index is 2.06. The third-order valence-electron chi connectivity index (χ3n) is 4.29. The predicted molar refractivity (Wildman–Crippen MR) is 90.5 cm³/mol. The third kappa shape index (κ3) is 3.54. The second-order valence-electron chi connectivity index (χ2n) is 5.83. The van der Waals surface area contributed by atoms with Crippen LogP contribution in [-0.4, -0.2) is 44.2 Å². The zero-order valence-corrected chi connectivity index (χ0v) is 14.6. The van der Waals surface area contributed by atoms with E-state index in [1.165, 1.54) is 15.7 Å². The van der Waals surface area contributed by atoms with E-state index in [2.05, 4.69) is 70.0 Å². The minimum Gasteiger partial charge on any atom is -0.369 e. The van der Waals surface area contributed by atoms with Gasteiger partial charge in [-0.25, -0.2) is 0 Å². The number of benzene rings is 1. The molecule has 1 fully saturated rings. The summed E-state index contributed by atoms with van der Waals surface area (Å²) in [6, 6.07) is 7.77. The highest BCUT2D eigenvalue weighted by Gasteiger charge is 2.19. The molecule has 0 bridgehead atoms. The van der Waals surface area contributed by atoms with Crippen LogP contribution < -0.4 is 10.2 Å². The lowest BCUT2D eigenvalue weighted by atomic mass is 10.1. The Bertz CT molecular complexity index is 439. The molecular formula is C16H26BrN3. The van der Waals surface area contributed by atoms with Gasteiger partial charge in [0.15, 0.2) is 0 Å². The van der Waals surface area contributed by atoms with Crippen molar-refractivity contribution < 1.29 is 0 Å². The maximum Gasteiger partial charge on any atom is 0.0378 e. The van der Waals surface area contributed by atoms with Gasteiger partial charge in [0.1, 0.15) is 0 Å². The van der Waals surface area contributed by atoms with E-state index in [1.54, 1.807) is 0 Å². The first-order valence-corrected chi connectivity index (χ1v) is 8.28. The zero-order valence-electron chi connectivity index (χ0n) is 13.0. The summed E-state index contributed by atoms with van der Waals surface area (Å²) in [4.78, 5) is 5.03. The molecule has 1 saturated heterocycles. The molecule has 4 heteroatoms. The van der Waals surface area contributed by atoms with E-state index in [9.17, 15) is 0 Å². The average molecular weight is 340 g/mol. The van der Waals surface area contributed by atoms with Gasteiger partial charge in [-0.2, -0.15) is 0 Å². The van der Waals surface area contributed by atoms with Crippen molar-refractivity contribution in [2.75, 3.05) is 38.1 Å². The second-order valence-corrected chi connectivity index (χ2v) is 6.69. The molecule has 0 saturated carbocycles. The highest BCUT2D eigenvalue weighted by molar-refractivity contribution is 9.10. The van der Waals surface area contributed by atoms with Crippen LogP contribution in [0.2, 0.25) is 0 Å². The number of hydrogen-bond acceptors (Lipinski definition) is 3. The second kappa shape index (κ2) is 6.92. The lowest BCUT2D eigenvalue weighted by molar-refractivity contribution is 0.209. The minimum absolute atomic E-state index is 0.371. The summed E-state index contributed by atoms with van der Waals surface area (Å²) >= 11 is 3.71. The molecule has 112 valence electrons. The molecule has 1 aromatic rings. The lowest BCUT2D eigenvalue weighted by Crippen LogP contribution is -2.48. The summed E-state index contributed by atoms with van der Waals surface area (Å²) < 4.78 is 1.20. The lowest BCUT2D eigenvalue weighted by Gasteiger charge is -2.38. The fourth-order valence-corrected chi connectivity index (χ4v) is 3.43. The zero-order chi connectivity index (χ0) is 14.7. The minimum atomic E-state index is 0.371. The number of rotatable bonds is 4. The van der Waals surface area contributed by atoms with Crippen LogP contribution in [-0.2, 0) is 0 Å². The van der Waals surface area contributed by atoms with Crippen LogP contribution in [0.25, 0.3) is 0 Å². The van der Waals surface area contributed by atoms with E-state index in [-0.39, 0.29) is 0 Å². The standard InChI is InChI=1S/C16H26BrN3/c1-12(2)19-7-9-20(10-8-19)14-5-6-15(13(3)18-4)16(17)11-14/h5-6,11-13,18H,7-10H2,1-4H3. The SMILES string of the molecule is CNC(C)c1ccc(N2CCN(C(C)C)CC2)cc1Br. The van der Waals surface area contributed by atoms with E-state index >= 15 is 0 Å². The molecule has 0 aliphatic carbocycles. The molecule has 1 aliphatic heterocycles. The van der Waals surface area contributed by atoms with Gasteiger partial charge in [0.25, 0.3) is 0 Å². The highest BCUT2D eigenvalue weighted by Crippen LogP contribution is 2.28. The number of halogens is 1. The monoisotopic (exact) mass is 339 g/mol. The topological polar surface area (TPSA) is 18.5 Å². The van der Waals surface area contributed by atoms with E-state index in [0.29, 0.717) is 12.1 Å². The molecule has 2 rings (SSSR count). The Morgan fingerprint density at radius 1 is 1.10 bits per heavy atom. The molecule has 0 spiro atoms. The van der Waals surface area contributed by atoms with Gasteiger partial charge in [-0.3, -0.25) is 4.90 Å². The molecule has 1 atom stereocenters. The molecule has 20 heavy (non-hydrogen) atoms. The van der Waals surface area contributed by atoms with Crippen LogP contribution in [0.4, 0.5) is 5.69 Å². The van der Waals surface area contributed by atoms with Gasteiger partial charge in [0.2, 0.25) is 0 Å². The molecule has 0 radical (unpaired) electrons. The van der Waals surface area contributed by atoms with Gasteiger partial charge in [-0.15, -0.1) is 0 Å². The van der Waals surface area contributed by atoms with Gasteiger partial charge in [0, 0.05) is 48.4 Å². The molecule has 3 nitrogen and oxygen atoms in total. The Morgan fingerprint density at radius 3 is 2.25 bits per heavy atom. The summed E-state index contributed by atoms with van der Waals surface area (Å²) in [5.74, 6) is 0. The summed E-state index contributed by atoms with van der Waals surface area (Å²) in [5, 5.41) is 3.29. The molecule has 0 amide bonds. The molecule has 1 unspecified atom stereocenters. The van der Waals surface area contributed by atoms with Crippen molar-refractivity contribution in [1.29, 1.82) is 0 Å². The largest absolute Gasteiger partial charge is 0.369 e. The predicted octanol–water partition coefficient (Wildman–Crippen LogP) is 3.26. The number of anilines is 1. The first-order valence-electron chi connectivity index (χ1n) is 7.48. The first kappa shape index (κ1) is 15.8. The van der Waals surface area contributed by atoms with Crippen LogP contribution in [0, 0.1) is 0 Å². The highest BCUT2D eigenvalue weighted by atomic mass is 79.9. The Labute approximate surface area is 131 Å². The molecule has 1 heterocycles. The van der Waals surface area contributed by atoms with Crippen molar-refractivity contribution in [3.05, 3.63) is 28.2 Å². The maximum absolute atomic E-state index is 3.71. The van der Waals surface area contributed by atoms with Crippen LogP contribution in [0.1, 0.15) is 32.4 Å². The summed E-state index contributed by atoms with van der Waals surface area (Å²) in [5.41, 5.74) is 2.64. The Morgan fingerprint density at radius 2 is 1.75 bits per heavy atom. The van der Waals surface area contributed by atoms with Crippen LogP contribution in [0.15, 0.2) is 22.7 Å². The van der Waals surface area contributed by atoms with Gasteiger partial charge in [-0.1, -0.05) is 22.0 Å². The average Bonchev–Trinajstić information content (AvgIpc) is 2.46. The van der Waals surface area contributed by atoms with E-state index in [0.717, 1.165) is 26.2 Å². The molecule has 1 aromatic carbocycles. The van der Waals surface area contributed by atoms with E-state index in [1.807, 2.05) is 7.05 Å². The van der Waals surface area contributed by atoms with Gasteiger partial charge in [-0.05, 0) is 45.5 Å². The van der Waals surface area contributed by atoms with Crippen LogP contribution in [0.3, 0.4) is 0 Å². The molecule has 1 aliphatic rings. The Hall–Kier alpha value is -0.580. The Kier molecular flexibility index (Phi) is 5.47. The van der Waals surface area contributed by atoms with E-state index in [4.69, 9.17) is 0 Å². The molecular weight excluding hydrogens is 314 g/mol.